The van der Waals surface area contributed by atoms with Gasteiger partial charge in [-0.2, -0.15) is 0 Å². The lowest BCUT2D eigenvalue weighted by molar-refractivity contribution is -0.133. The van der Waals surface area contributed by atoms with Gasteiger partial charge in [0.15, 0.2) is 0 Å². The van der Waals surface area contributed by atoms with Crippen LogP contribution < -0.4 is 0 Å². The van der Waals surface area contributed by atoms with Crippen molar-refractivity contribution in [3.05, 3.63) is 0 Å². The fourth-order valence-electron chi connectivity index (χ4n) is 1.92. The molecule has 0 aromatic rings. The highest BCUT2D eigenvalue weighted by Gasteiger charge is 2.24. The van der Waals surface area contributed by atoms with Crippen LogP contribution in [0.15, 0.2) is 0 Å². The molecule has 1 fully saturated rings. The average molecular weight is 182 g/mol. The molecule has 1 saturated carbocycles. The number of rotatable bonds is 2. The molecule has 1 aliphatic rings. The van der Waals surface area contributed by atoms with E-state index in [2.05, 4.69) is 0 Å². The summed E-state index contributed by atoms with van der Waals surface area (Å²) in [7, 11) is 0. The highest BCUT2D eigenvalue weighted by Crippen LogP contribution is 2.21. The van der Waals surface area contributed by atoms with Crippen molar-refractivity contribution in [1.82, 2.24) is 0 Å². The molecule has 0 N–H and O–H groups in total. The second-order valence-corrected chi connectivity index (χ2v) is 3.79. The molecule has 0 aromatic heterocycles. The molecule has 0 saturated heterocycles. The van der Waals surface area contributed by atoms with Gasteiger partial charge in [0.1, 0.15) is 11.6 Å². The Balaban J connectivity index is 2.56. The molecule has 2 heteroatoms. The average Bonchev–Trinajstić information content (AvgIpc) is 2.11. The maximum atomic E-state index is 11.5. The van der Waals surface area contributed by atoms with Crippen LogP contribution in [0.25, 0.3) is 0 Å². The number of carbonyl (C=O) groups excluding carboxylic acids is 2. The van der Waals surface area contributed by atoms with Gasteiger partial charge in [-0.3, -0.25) is 9.59 Å². The van der Waals surface area contributed by atoms with E-state index in [9.17, 15) is 9.59 Å². The van der Waals surface area contributed by atoms with Crippen LogP contribution in [-0.4, -0.2) is 11.6 Å². The molecule has 0 radical (unpaired) electrons. The van der Waals surface area contributed by atoms with Crippen LogP contribution in [-0.2, 0) is 9.59 Å². The molecular formula is C11H18O2. The first-order valence-electron chi connectivity index (χ1n) is 5.31. The Kier molecular flexibility index (Phi) is 4.13. The molecule has 1 rings (SSSR count). The molecule has 1 atom stereocenters. The molecular weight excluding hydrogens is 164 g/mol. The van der Waals surface area contributed by atoms with E-state index in [1.165, 1.54) is 6.42 Å². The topological polar surface area (TPSA) is 34.1 Å². The second kappa shape index (κ2) is 5.15. The maximum absolute atomic E-state index is 11.5. The Hall–Kier alpha value is -0.660. The van der Waals surface area contributed by atoms with Gasteiger partial charge < -0.3 is 0 Å². The van der Waals surface area contributed by atoms with Crippen molar-refractivity contribution in [3.8, 4) is 0 Å². The van der Waals surface area contributed by atoms with Gasteiger partial charge in [0.2, 0.25) is 0 Å². The van der Waals surface area contributed by atoms with E-state index in [0.29, 0.717) is 12.8 Å². The zero-order valence-electron chi connectivity index (χ0n) is 8.34. The predicted octanol–water partition coefficient (Wildman–Crippen LogP) is 2.51. The molecule has 1 unspecified atom stereocenters. The highest BCUT2D eigenvalue weighted by molar-refractivity contribution is 6.02. The van der Waals surface area contributed by atoms with E-state index in [1.54, 1.807) is 0 Å². The monoisotopic (exact) mass is 182 g/mol. The van der Waals surface area contributed by atoms with E-state index in [-0.39, 0.29) is 17.5 Å². The minimum Gasteiger partial charge on any atom is -0.299 e. The Bertz CT molecular complexity index is 196. The van der Waals surface area contributed by atoms with E-state index < -0.39 is 0 Å². The molecule has 0 aliphatic heterocycles. The van der Waals surface area contributed by atoms with Crippen LogP contribution in [0.4, 0.5) is 0 Å². The first kappa shape index (κ1) is 10.4. The lowest BCUT2D eigenvalue weighted by atomic mass is 9.86. The Morgan fingerprint density at radius 3 is 2.69 bits per heavy atom. The van der Waals surface area contributed by atoms with E-state index in [1.807, 2.05) is 6.92 Å². The maximum Gasteiger partial charge on any atom is 0.143 e. The molecule has 0 aromatic carbocycles. The number of Topliss-reactive ketones (excluding diaryl/α,β-unsaturated/α-hetero) is 2. The van der Waals surface area contributed by atoms with Crippen molar-refractivity contribution in [1.29, 1.82) is 0 Å². The van der Waals surface area contributed by atoms with Gasteiger partial charge in [0, 0.05) is 12.8 Å². The molecule has 0 bridgehead atoms. The smallest absolute Gasteiger partial charge is 0.143 e. The van der Waals surface area contributed by atoms with Gasteiger partial charge in [-0.15, -0.1) is 0 Å². The normalized spacial score (nSPS) is 25.0. The van der Waals surface area contributed by atoms with Crippen molar-refractivity contribution >= 4 is 11.6 Å². The lowest BCUT2D eigenvalue weighted by Crippen LogP contribution is -2.24. The highest BCUT2D eigenvalue weighted by atomic mass is 16.1. The van der Waals surface area contributed by atoms with Crippen LogP contribution >= 0.6 is 0 Å². The van der Waals surface area contributed by atoms with E-state index in [4.69, 9.17) is 0 Å². The molecule has 1 aliphatic carbocycles. The third-order valence-electron chi connectivity index (χ3n) is 2.79. The van der Waals surface area contributed by atoms with Crippen molar-refractivity contribution in [3.63, 3.8) is 0 Å². The van der Waals surface area contributed by atoms with E-state index >= 15 is 0 Å². The van der Waals surface area contributed by atoms with Gasteiger partial charge in [-0.05, 0) is 12.8 Å². The van der Waals surface area contributed by atoms with Gasteiger partial charge in [-0.1, -0.05) is 26.2 Å². The van der Waals surface area contributed by atoms with Crippen LogP contribution in [0, 0.1) is 5.92 Å². The van der Waals surface area contributed by atoms with E-state index in [0.717, 1.165) is 25.7 Å². The summed E-state index contributed by atoms with van der Waals surface area (Å²) in [4.78, 5) is 23.0. The minimum absolute atomic E-state index is 0.145. The van der Waals surface area contributed by atoms with Crippen LogP contribution in [0.5, 0.6) is 0 Å². The third-order valence-corrected chi connectivity index (χ3v) is 2.79. The summed E-state index contributed by atoms with van der Waals surface area (Å²) in [5.74, 6) is 0.0729. The number of carbonyl (C=O) groups is 2. The zero-order chi connectivity index (χ0) is 9.68. The summed E-state index contributed by atoms with van der Waals surface area (Å²) in [6.07, 6.45) is 6.28. The van der Waals surface area contributed by atoms with Crippen molar-refractivity contribution in [2.24, 2.45) is 5.92 Å². The first-order valence-corrected chi connectivity index (χ1v) is 5.31. The second-order valence-electron chi connectivity index (χ2n) is 3.79. The Labute approximate surface area is 79.7 Å². The third kappa shape index (κ3) is 2.94. The molecule has 2 nitrogen and oxygen atoms in total. The quantitative estimate of drug-likeness (QED) is 0.615. The van der Waals surface area contributed by atoms with Gasteiger partial charge in [-0.25, -0.2) is 0 Å². The van der Waals surface area contributed by atoms with Crippen molar-refractivity contribution in [2.75, 3.05) is 0 Å². The Morgan fingerprint density at radius 1 is 1.31 bits per heavy atom. The summed E-state index contributed by atoms with van der Waals surface area (Å²) in [5, 5.41) is 0. The standard InChI is InChI=1S/C11H18O2/c1-2-10(12)9-7-5-3-4-6-8-11(9)13/h9H,2-8H2,1H3. The van der Waals surface area contributed by atoms with Crippen LogP contribution in [0.2, 0.25) is 0 Å². The fraction of sp³-hybridized carbons (Fsp3) is 0.818. The summed E-state index contributed by atoms with van der Waals surface area (Å²) < 4.78 is 0. The first-order chi connectivity index (χ1) is 6.25. The number of hydrogen-bond donors (Lipinski definition) is 0. The summed E-state index contributed by atoms with van der Waals surface area (Å²) >= 11 is 0. The van der Waals surface area contributed by atoms with Gasteiger partial charge >= 0.3 is 0 Å². The molecule has 74 valence electrons. The molecule has 0 spiro atoms. The lowest BCUT2D eigenvalue weighted by Gasteiger charge is -2.16. The zero-order valence-corrected chi connectivity index (χ0v) is 8.34. The van der Waals surface area contributed by atoms with Gasteiger partial charge in [0.25, 0.3) is 0 Å². The Morgan fingerprint density at radius 2 is 2.00 bits per heavy atom. The summed E-state index contributed by atoms with van der Waals surface area (Å²) in [6.45, 7) is 1.84. The predicted molar refractivity (Wildman–Crippen MR) is 51.5 cm³/mol. The largest absolute Gasteiger partial charge is 0.299 e. The van der Waals surface area contributed by atoms with Gasteiger partial charge in [0.05, 0.1) is 5.92 Å². The minimum atomic E-state index is -0.259. The van der Waals surface area contributed by atoms with Crippen LogP contribution in [0.3, 0.4) is 0 Å². The summed E-state index contributed by atoms with van der Waals surface area (Å²) in [6, 6.07) is 0. The molecule has 0 heterocycles. The number of hydrogen-bond acceptors (Lipinski definition) is 2. The molecule has 0 amide bonds. The SMILES string of the molecule is CCC(=O)C1CCCCCCC1=O. The molecule has 13 heavy (non-hydrogen) atoms. The summed E-state index contributed by atoms with van der Waals surface area (Å²) in [5.41, 5.74) is 0. The van der Waals surface area contributed by atoms with Crippen molar-refractivity contribution in [2.45, 2.75) is 51.9 Å². The van der Waals surface area contributed by atoms with Crippen molar-refractivity contribution < 1.29 is 9.59 Å². The van der Waals surface area contributed by atoms with Crippen LogP contribution in [0.1, 0.15) is 51.9 Å². The number of ketones is 2. The fourth-order valence-corrected chi connectivity index (χ4v) is 1.92.